The van der Waals surface area contributed by atoms with Gasteiger partial charge in [0.05, 0.1) is 12.2 Å². The molecule has 0 atom stereocenters. The van der Waals surface area contributed by atoms with Gasteiger partial charge in [0.25, 0.3) is 0 Å². The van der Waals surface area contributed by atoms with Gasteiger partial charge in [-0.2, -0.15) is 18.3 Å². The molecule has 102 valence electrons. The number of aromatic nitrogens is 2. The van der Waals surface area contributed by atoms with Crippen molar-refractivity contribution in [2.75, 3.05) is 26.7 Å². The van der Waals surface area contributed by atoms with Crippen molar-refractivity contribution in [1.82, 2.24) is 20.4 Å². The lowest BCUT2D eigenvalue weighted by molar-refractivity contribution is -0.147. The maximum Gasteiger partial charge on any atom is 0.401 e. The fraction of sp³-hybridized carbons (Fsp3) is 0.600. The van der Waals surface area contributed by atoms with Crippen molar-refractivity contribution in [1.29, 1.82) is 0 Å². The Bertz CT molecular complexity index is 355. The Kier molecular flexibility index (Phi) is 5.77. The fourth-order valence-corrected chi connectivity index (χ4v) is 1.50. The minimum absolute atomic E-state index is 0.0886. The van der Waals surface area contributed by atoms with Crippen LogP contribution in [0.5, 0.6) is 0 Å². The maximum absolute atomic E-state index is 12.4. The lowest BCUT2D eigenvalue weighted by Crippen LogP contribution is -2.38. The van der Waals surface area contributed by atoms with Crippen molar-refractivity contribution in [2.24, 2.45) is 0 Å². The van der Waals surface area contributed by atoms with E-state index >= 15 is 0 Å². The zero-order valence-electron chi connectivity index (χ0n) is 9.84. The Hall–Kier alpha value is -0.920. The predicted octanol–water partition coefficient (Wildman–Crippen LogP) is 1.71. The van der Waals surface area contributed by atoms with E-state index < -0.39 is 12.7 Å². The molecule has 1 aromatic heterocycles. The van der Waals surface area contributed by atoms with E-state index in [1.807, 2.05) is 0 Å². The largest absolute Gasteiger partial charge is 0.401 e. The Balaban J connectivity index is 2.62. The second kappa shape index (κ2) is 6.86. The zero-order valence-corrected chi connectivity index (χ0v) is 10.6. The van der Waals surface area contributed by atoms with Gasteiger partial charge in [-0.3, -0.25) is 4.90 Å². The van der Waals surface area contributed by atoms with Crippen molar-refractivity contribution >= 4 is 11.6 Å². The first-order chi connectivity index (χ1) is 8.40. The SMILES string of the molecule is CNCCN(Cc1ccc(Cl)nn1)CC(F)(F)F. The predicted molar refractivity (Wildman–Crippen MR) is 62.3 cm³/mol. The van der Waals surface area contributed by atoms with Crippen molar-refractivity contribution in [3.05, 3.63) is 23.0 Å². The second-order valence-electron chi connectivity index (χ2n) is 3.78. The first-order valence-electron chi connectivity index (χ1n) is 5.32. The molecule has 0 fully saturated rings. The number of hydrogen-bond acceptors (Lipinski definition) is 4. The lowest BCUT2D eigenvalue weighted by Gasteiger charge is -2.22. The van der Waals surface area contributed by atoms with Gasteiger partial charge in [0.1, 0.15) is 0 Å². The molecule has 0 aliphatic heterocycles. The number of likely N-dealkylation sites (N-methyl/N-ethyl adjacent to an activating group) is 1. The molecule has 4 nitrogen and oxygen atoms in total. The van der Waals surface area contributed by atoms with Crippen molar-refractivity contribution < 1.29 is 13.2 Å². The van der Waals surface area contributed by atoms with Crippen LogP contribution in [0, 0.1) is 0 Å². The van der Waals surface area contributed by atoms with Gasteiger partial charge in [-0.1, -0.05) is 11.6 Å². The fourth-order valence-electron chi connectivity index (χ4n) is 1.39. The van der Waals surface area contributed by atoms with Crippen molar-refractivity contribution in [3.63, 3.8) is 0 Å². The van der Waals surface area contributed by atoms with E-state index in [2.05, 4.69) is 15.5 Å². The number of alkyl halides is 3. The van der Waals surface area contributed by atoms with Crippen LogP contribution >= 0.6 is 11.6 Å². The van der Waals surface area contributed by atoms with E-state index in [0.717, 1.165) is 0 Å². The van der Waals surface area contributed by atoms with Gasteiger partial charge in [0.15, 0.2) is 5.15 Å². The highest BCUT2D eigenvalue weighted by Gasteiger charge is 2.30. The monoisotopic (exact) mass is 282 g/mol. The third-order valence-corrected chi connectivity index (χ3v) is 2.36. The van der Waals surface area contributed by atoms with Crippen molar-refractivity contribution in [3.8, 4) is 0 Å². The molecule has 1 heterocycles. The number of hydrogen-bond donors (Lipinski definition) is 1. The topological polar surface area (TPSA) is 41.0 Å². The molecule has 0 saturated heterocycles. The van der Waals surface area contributed by atoms with Gasteiger partial charge in [-0.25, -0.2) is 0 Å². The highest BCUT2D eigenvalue weighted by atomic mass is 35.5. The molecule has 18 heavy (non-hydrogen) atoms. The zero-order chi connectivity index (χ0) is 13.6. The first kappa shape index (κ1) is 15.1. The van der Waals surface area contributed by atoms with E-state index in [4.69, 9.17) is 11.6 Å². The summed E-state index contributed by atoms with van der Waals surface area (Å²) in [6.07, 6.45) is -4.23. The average molecular weight is 283 g/mol. The third kappa shape index (κ3) is 6.13. The van der Waals surface area contributed by atoms with E-state index in [9.17, 15) is 13.2 Å². The van der Waals surface area contributed by atoms with Crippen molar-refractivity contribution in [2.45, 2.75) is 12.7 Å². The molecule has 0 unspecified atom stereocenters. The first-order valence-corrected chi connectivity index (χ1v) is 5.70. The molecule has 1 N–H and O–H groups in total. The van der Waals surface area contributed by atoms with Crippen LogP contribution in [0.25, 0.3) is 0 Å². The summed E-state index contributed by atoms with van der Waals surface area (Å²) in [5.41, 5.74) is 0.458. The molecule has 0 aromatic carbocycles. The van der Waals surface area contributed by atoms with Crippen LogP contribution in [0.3, 0.4) is 0 Å². The minimum atomic E-state index is -4.23. The lowest BCUT2D eigenvalue weighted by atomic mass is 10.3. The molecule has 0 bridgehead atoms. The maximum atomic E-state index is 12.4. The number of nitrogens with one attached hydrogen (secondary N) is 1. The van der Waals surface area contributed by atoms with Gasteiger partial charge in [-0.15, -0.1) is 5.10 Å². The Morgan fingerprint density at radius 3 is 2.56 bits per heavy atom. The molecule has 0 aliphatic carbocycles. The van der Waals surface area contributed by atoms with E-state index in [-0.39, 0.29) is 18.2 Å². The molecule has 0 radical (unpaired) electrons. The highest BCUT2D eigenvalue weighted by Crippen LogP contribution is 2.17. The molecule has 0 saturated carbocycles. The highest BCUT2D eigenvalue weighted by molar-refractivity contribution is 6.29. The molecule has 1 aromatic rings. The minimum Gasteiger partial charge on any atom is -0.318 e. The van der Waals surface area contributed by atoms with E-state index in [1.54, 1.807) is 13.1 Å². The van der Waals surface area contributed by atoms with Gasteiger partial charge >= 0.3 is 6.18 Å². The van der Waals surface area contributed by atoms with Crippen LogP contribution in [-0.4, -0.2) is 48.0 Å². The molecule has 0 aliphatic rings. The van der Waals surface area contributed by atoms with Crippen LogP contribution in [0.15, 0.2) is 12.1 Å². The Morgan fingerprint density at radius 1 is 1.33 bits per heavy atom. The summed E-state index contributed by atoms with van der Waals surface area (Å²) in [5.74, 6) is 0. The summed E-state index contributed by atoms with van der Waals surface area (Å²) in [5, 5.41) is 10.4. The molecule has 1 rings (SSSR count). The summed E-state index contributed by atoms with van der Waals surface area (Å²) in [6, 6.07) is 3.08. The quantitative estimate of drug-likeness (QED) is 0.862. The van der Waals surface area contributed by atoms with Crippen LogP contribution < -0.4 is 5.32 Å². The summed E-state index contributed by atoms with van der Waals surface area (Å²) in [4.78, 5) is 1.26. The van der Waals surface area contributed by atoms with Crippen LogP contribution in [0.1, 0.15) is 5.69 Å². The normalized spacial score (nSPS) is 12.1. The molecule has 0 amide bonds. The second-order valence-corrected chi connectivity index (χ2v) is 4.16. The summed E-state index contributed by atoms with van der Waals surface area (Å²) in [7, 11) is 1.69. The molecule has 0 spiro atoms. The smallest absolute Gasteiger partial charge is 0.318 e. The molecular weight excluding hydrogens is 269 g/mol. The van der Waals surface area contributed by atoms with E-state index in [1.165, 1.54) is 11.0 Å². The van der Waals surface area contributed by atoms with Gasteiger partial charge in [0.2, 0.25) is 0 Å². The van der Waals surface area contributed by atoms with Gasteiger partial charge in [-0.05, 0) is 19.2 Å². The molecule has 8 heteroatoms. The third-order valence-electron chi connectivity index (χ3n) is 2.15. The Morgan fingerprint density at radius 2 is 2.06 bits per heavy atom. The summed E-state index contributed by atoms with van der Waals surface area (Å²) in [6.45, 7) is -0.137. The average Bonchev–Trinajstić information content (AvgIpc) is 2.27. The number of nitrogens with zero attached hydrogens (tertiary/aromatic N) is 3. The van der Waals surface area contributed by atoms with E-state index in [0.29, 0.717) is 12.2 Å². The van der Waals surface area contributed by atoms with Gasteiger partial charge < -0.3 is 5.32 Å². The molecular formula is C10H14ClF3N4. The van der Waals surface area contributed by atoms with Gasteiger partial charge in [0, 0.05) is 19.6 Å². The van der Waals surface area contributed by atoms with Crippen LogP contribution in [-0.2, 0) is 6.54 Å². The van der Waals surface area contributed by atoms with Crippen LogP contribution in [0.2, 0.25) is 5.15 Å². The number of rotatable bonds is 6. The summed E-state index contributed by atoms with van der Waals surface area (Å²) < 4.78 is 37.1. The summed E-state index contributed by atoms with van der Waals surface area (Å²) >= 11 is 5.56. The number of halogens is 4. The Labute approximate surface area is 108 Å². The van der Waals surface area contributed by atoms with Crippen LogP contribution in [0.4, 0.5) is 13.2 Å². The standard InChI is InChI=1S/C10H14ClF3N4/c1-15-4-5-18(7-10(12,13)14)6-8-2-3-9(11)17-16-8/h2-3,15H,4-7H2,1H3.